The second-order valence-electron chi connectivity index (χ2n) is 7.96. The van der Waals surface area contributed by atoms with Gasteiger partial charge < -0.3 is 19.9 Å². The number of hydrogen-bond acceptors (Lipinski definition) is 7. The normalized spacial score (nSPS) is 21.5. The van der Waals surface area contributed by atoms with Gasteiger partial charge in [-0.1, -0.05) is 12.8 Å². The minimum Gasteiger partial charge on any atom is -0.466 e. The minimum atomic E-state index is -0.431. The molecule has 1 aromatic carbocycles. The zero-order valence-electron chi connectivity index (χ0n) is 17.0. The van der Waals surface area contributed by atoms with E-state index < -0.39 is 10.9 Å². The van der Waals surface area contributed by atoms with Crippen molar-refractivity contribution in [2.45, 2.75) is 51.9 Å². The van der Waals surface area contributed by atoms with Crippen LogP contribution >= 0.6 is 0 Å². The second-order valence-corrected chi connectivity index (χ2v) is 7.96. The largest absolute Gasteiger partial charge is 0.466 e. The standard InChI is InChI=1S/C21H33N3O4/c1-2-28-21(27)16-9-7-14-24(15-16)18-17(19(25)20(18)26)22-10-8-13-23-11-5-3-4-6-12-23/h16,22H,2-15H2,1H3. The van der Waals surface area contributed by atoms with E-state index in [1.54, 1.807) is 6.92 Å². The molecular formula is C21H33N3O4. The number of anilines is 2. The van der Waals surface area contributed by atoms with Crippen molar-refractivity contribution in [1.82, 2.24) is 4.90 Å². The predicted octanol–water partition coefficient (Wildman–Crippen LogP) is 1.74. The third-order valence-corrected chi connectivity index (χ3v) is 5.89. The Morgan fingerprint density at radius 3 is 2.54 bits per heavy atom. The molecule has 28 heavy (non-hydrogen) atoms. The van der Waals surface area contributed by atoms with Gasteiger partial charge >= 0.3 is 5.97 Å². The number of ether oxygens (including phenoxy) is 1. The highest BCUT2D eigenvalue weighted by Gasteiger charge is 2.32. The quantitative estimate of drug-likeness (QED) is 0.411. The molecule has 1 unspecified atom stereocenters. The Bertz CT molecular complexity index is 718. The highest BCUT2D eigenvalue weighted by atomic mass is 16.5. The number of likely N-dealkylation sites (tertiary alicyclic amines) is 1. The summed E-state index contributed by atoms with van der Waals surface area (Å²) in [5.74, 6) is -0.438. The Morgan fingerprint density at radius 2 is 1.82 bits per heavy atom. The van der Waals surface area contributed by atoms with Crippen molar-refractivity contribution in [2.24, 2.45) is 5.92 Å². The van der Waals surface area contributed by atoms with Gasteiger partial charge in [0.25, 0.3) is 10.9 Å². The highest BCUT2D eigenvalue weighted by Crippen LogP contribution is 2.27. The van der Waals surface area contributed by atoms with Gasteiger partial charge in [-0.25, -0.2) is 0 Å². The van der Waals surface area contributed by atoms with Crippen LogP contribution in [0.5, 0.6) is 0 Å². The summed E-state index contributed by atoms with van der Waals surface area (Å²) in [4.78, 5) is 40.7. The van der Waals surface area contributed by atoms with Crippen LogP contribution in [0.15, 0.2) is 9.59 Å². The molecule has 7 nitrogen and oxygen atoms in total. The van der Waals surface area contributed by atoms with Gasteiger partial charge in [-0.3, -0.25) is 14.4 Å². The van der Waals surface area contributed by atoms with Crippen LogP contribution in [-0.4, -0.2) is 56.7 Å². The molecule has 2 saturated heterocycles. The Kier molecular flexibility index (Phi) is 7.48. The first kappa shape index (κ1) is 20.8. The molecule has 0 saturated carbocycles. The fraction of sp³-hybridized carbons (Fsp3) is 0.762. The molecule has 156 valence electrons. The van der Waals surface area contributed by atoms with Crippen molar-refractivity contribution in [3.63, 3.8) is 0 Å². The maximum absolute atomic E-state index is 12.2. The van der Waals surface area contributed by atoms with Gasteiger partial charge in [0.2, 0.25) is 0 Å². The van der Waals surface area contributed by atoms with Crippen molar-refractivity contribution < 1.29 is 9.53 Å². The van der Waals surface area contributed by atoms with Gasteiger partial charge in [0.1, 0.15) is 11.4 Å². The Morgan fingerprint density at radius 1 is 1.07 bits per heavy atom. The monoisotopic (exact) mass is 391 g/mol. The van der Waals surface area contributed by atoms with Crippen LogP contribution in [0.3, 0.4) is 0 Å². The maximum Gasteiger partial charge on any atom is 0.310 e. The van der Waals surface area contributed by atoms with Crippen molar-refractivity contribution >= 4 is 17.3 Å². The van der Waals surface area contributed by atoms with E-state index in [9.17, 15) is 14.4 Å². The summed E-state index contributed by atoms with van der Waals surface area (Å²) in [7, 11) is 0. The lowest BCUT2D eigenvalue weighted by Gasteiger charge is -2.34. The maximum atomic E-state index is 12.2. The summed E-state index contributed by atoms with van der Waals surface area (Å²) in [6.45, 7) is 7.33. The zero-order valence-corrected chi connectivity index (χ0v) is 17.0. The first-order valence-corrected chi connectivity index (χ1v) is 10.8. The summed E-state index contributed by atoms with van der Waals surface area (Å²) >= 11 is 0. The Balaban J connectivity index is 1.53. The molecule has 0 aliphatic carbocycles. The molecule has 1 atom stereocenters. The van der Waals surface area contributed by atoms with E-state index in [0.29, 0.717) is 37.6 Å². The molecule has 0 spiro atoms. The number of carbonyl (C=O) groups excluding carboxylic acids is 1. The minimum absolute atomic E-state index is 0.210. The third-order valence-electron chi connectivity index (χ3n) is 5.89. The first-order chi connectivity index (χ1) is 13.6. The van der Waals surface area contributed by atoms with Gasteiger partial charge in [0.05, 0.1) is 12.5 Å². The van der Waals surface area contributed by atoms with Crippen LogP contribution in [0.25, 0.3) is 0 Å². The van der Waals surface area contributed by atoms with Gasteiger partial charge in [-0.2, -0.15) is 0 Å². The van der Waals surface area contributed by atoms with Gasteiger partial charge in [-0.15, -0.1) is 0 Å². The van der Waals surface area contributed by atoms with Crippen LogP contribution in [0.2, 0.25) is 0 Å². The van der Waals surface area contributed by atoms with Crippen molar-refractivity contribution in [2.75, 3.05) is 56.1 Å². The zero-order chi connectivity index (χ0) is 19.9. The lowest BCUT2D eigenvalue weighted by molar-refractivity contribution is -0.148. The highest BCUT2D eigenvalue weighted by molar-refractivity contribution is 5.78. The van der Waals surface area contributed by atoms with E-state index in [-0.39, 0.29) is 11.9 Å². The second kappa shape index (κ2) is 10.0. The summed E-state index contributed by atoms with van der Waals surface area (Å²) in [5.41, 5.74) is 0.0432. The SMILES string of the molecule is CCOC(=O)C1CCCN(c2c(NCCCN3CCCCCC3)c(=O)c2=O)C1. The molecule has 0 amide bonds. The van der Waals surface area contributed by atoms with E-state index >= 15 is 0 Å². The molecule has 1 aromatic rings. The van der Waals surface area contributed by atoms with Crippen LogP contribution in [-0.2, 0) is 9.53 Å². The van der Waals surface area contributed by atoms with Crippen molar-refractivity contribution in [1.29, 1.82) is 0 Å². The lowest BCUT2D eigenvalue weighted by atomic mass is 9.96. The molecule has 7 heteroatoms. The molecule has 1 N–H and O–H groups in total. The Labute approximate surface area is 166 Å². The molecule has 0 radical (unpaired) electrons. The predicted molar refractivity (Wildman–Crippen MR) is 111 cm³/mol. The summed E-state index contributed by atoms with van der Waals surface area (Å²) < 4.78 is 5.13. The Hall–Kier alpha value is -1.89. The molecule has 0 aromatic heterocycles. The number of hydrogen-bond donors (Lipinski definition) is 1. The van der Waals surface area contributed by atoms with E-state index in [0.717, 1.165) is 38.9 Å². The van der Waals surface area contributed by atoms with Crippen LogP contribution in [0.1, 0.15) is 51.9 Å². The molecule has 2 aliphatic rings. The van der Waals surface area contributed by atoms with Crippen LogP contribution in [0, 0.1) is 5.92 Å². The smallest absolute Gasteiger partial charge is 0.310 e. The van der Waals surface area contributed by atoms with Crippen LogP contribution < -0.4 is 21.1 Å². The third kappa shape index (κ3) is 4.93. The molecule has 2 aliphatic heterocycles. The number of esters is 1. The number of piperidine rings is 1. The molecule has 2 fully saturated rings. The van der Waals surface area contributed by atoms with Crippen molar-refractivity contribution in [3.05, 3.63) is 20.4 Å². The summed E-state index contributed by atoms with van der Waals surface area (Å²) in [6, 6.07) is 0. The van der Waals surface area contributed by atoms with E-state index in [2.05, 4.69) is 10.2 Å². The summed E-state index contributed by atoms with van der Waals surface area (Å²) in [6.07, 6.45) is 7.72. The fourth-order valence-electron chi connectivity index (χ4n) is 4.35. The molecular weight excluding hydrogens is 358 g/mol. The van der Waals surface area contributed by atoms with E-state index in [1.165, 1.54) is 25.7 Å². The summed E-state index contributed by atoms with van der Waals surface area (Å²) in [5, 5.41) is 3.20. The van der Waals surface area contributed by atoms with Gasteiger partial charge in [0, 0.05) is 19.6 Å². The average Bonchev–Trinajstić information content (AvgIpc) is 2.99. The van der Waals surface area contributed by atoms with E-state index in [1.807, 2.05) is 4.90 Å². The lowest BCUT2D eigenvalue weighted by Crippen LogP contribution is -2.47. The number of rotatable bonds is 8. The number of carbonyl (C=O) groups is 1. The van der Waals surface area contributed by atoms with Gasteiger partial charge in [0.15, 0.2) is 0 Å². The fourth-order valence-corrected chi connectivity index (χ4v) is 4.35. The van der Waals surface area contributed by atoms with Gasteiger partial charge in [-0.05, 0) is 58.7 Å². The molecule has 0 bridgehead atoms. The first-order valence-electron chi connectivity index (χ1n) is 10.8. The van der Waals surface area contributed by atoms with E-state index in [4.69, 9.17) is 4.74 Å². The molecule has 3 rings (SSSR count). The molecule has 2 heterocycles. The average molecular weight is 392 g/mol. The topological polar surface area (TPSA) is 79.0 Å². The van der Waals surface area contributed by atoms with Crippen molar-refractivity contribution in [3.8, 4) is 0 Å². The number of nitrogens with zero attached hydrogens (tertiary/aromatic N) is 2. The number of nitrogens with one attached hydrogen (secondary N) is 1. The van der Waals surface area contributed by atoms with Crippen LogP contribution in [0.4, 0.5) is 11.4 Å².